The standard InChI is InChI=1S/C22H24FN3O3/c1-27-20-10-16-12-24-25-22(19(16)11-21(20)28-2)26-9-3-4-15(13-26)14-29-18-7-5-17(23)6-8-18/h5-8,10-12,15H,3-4,9,13-14H2,1-2H3. The molecule has 4 rings (SSSR count). The van der Waals surface area contributed by atoms with E-state index in [1.165, 1.54) is 12.1 Å². The van der Waals surface area contributed by atoms with Crippen molar-refractivity contribution in [3.05, 3.63) is 48.4 Å². The maximum atomic E-state index is 13.1. The molecular weight excluding hydrogens is 373 g/mol. The number of methoxy groups -OCH3 is 2. The molecule has 2 aromatic carbocycles. The first kappa shape index (κ1) is 19.2. The summed E-state index contributed by atoms with van der Waals surface area (Å²) >= 11 is 0. The number of aromatic nitrogens is 2. The summed E-state index contributed by atoms with van der Waals surface area (Å²) in [6.45, 7) is 2.32. The fourth-order valence-electron chi connectivity index (χ4n) is 3.77. The average Bonchev–Trinajstić information content (AvgIpc) is 2.77. The number of hydrogen-bond donors (Lipinski definition) is 0. The Kier molecular flexibility index (Phi) is 5.64. The van der Waals surface area contributed by atoms with Gasteiger partial charge in [0.15, 0.2) is 17.3 Å². The van der Waals surface area contributed by atoms with Crippen molar-refractivity contribution >= 4 is 16.6 Å². The van der Waals surface area contributed by atoms with E-state index >= 15 is 0 Å². The Labute approximate surface area is 169 Å². The van der Waals surface area contributed by atoms with Gasteiger partial charge in [0, 0.05) is 29.8 Å². The highest BCUT2D eigenvalue weighted by Crippen LogP contribution is 2.36. The van der Waals surface area contributed by atoms with Gasteiger partial charge in [0.05, 0.1) is 27.0 Å². The minimum atomic E-state index is -0.261. The molecule has 0 N–H and O–H groups in total. The van der Waals surface area contributed by atoms with Gasteiger partial charge in [-0.15, -0.1) is 5.10 Å². The van der Waals surface area contributed by atoms with E-state index in [-0.39, 0.29) is 5.82 Å². The van der Waals surface area contributed by atoms with Crippen LogP contribution < -0.4 is 19.1 Å². The molecule has 6 nitrogen and oxygen atoms in total. The van der Waals surface area contributed by atoms with Crippen LogP contribution in [0.25, 0.3) is 10.8 Å². The summed E-state index contributed by atoms with van der Waals surface area (Å²) in [5, 5.41) is 10.6. The Morgan fingerprint density at radius 2 is 1.86 bits per heavy atom. The lowest BCUT2D eigenvalue weighted by Gasteiger charge is -2.33. The van der Waals surface area contributed by atoms with Crippen molar-refractivity contribution in [2.24, 2.45) is 5.92 Å². The molecule has 1 fully saturated rings. The second kappa shape index (κ2) is 8.51. The van der Waals surface area contributed by atoms with Gasteiger partial charge in [0.1, 0.15) is 11.6 Å². The van der Waals surface area contributed by atoms with Crippen LogP contribution >= 0.6 is 0 Å². The van der Waals surface area contributed by atoms with E-state index in [2.05, 4.69) is 15.1 Å². The van der Waals surface area contributed by atoms with Gasteiger partial charge in [-0.25, -0.2) is 4.39 Å². The minimum absolute atomic E-state index is 0.261. The van der Waals surface area contributed by atoms with Gasteiger partial charge in [-0.05, 0) is 49.2 Å². The second-order valence-electron chi connectivity index (χ2n) is 7.18. The molecule has 152 valence electrons. The number of ether oxygens (including phenoxy) is 3. The van der Waals surface area contributed by atoms with Crippen molar-refractivity contribution in [3.8, 4) is 17.2 Å². The van der Waals surface area contributed by atoms with E-state index < -0.39 is 0 Å². The highest BCUT2D eigenvalue weighted by molar-refractivity contribution is 5.94. The number of anilines is 1. The molecule has 1 aliphatic rings. The Hall–Kier alpha value is -3.09. The molecule has 0 radical (unpaired) electrons. The van der Waals surface area contributed by atoms with E-state index in [0.29, 0.717) is 29.8 Å². The van der Waals surface area contributed by atoms with Gasteiger partial charge in [0.2, 0.25) is 0 Å². The smallest absolute Gasteiger partial charge is 0.161 e. The Balaban J connectivity index is 1.53. The number of nitrogens with zero attached hydrogens (tertiary/aromatic N) is 3. The lowest BCUT2D eigenvalue weighted by atomic mass is 9.98. The molecule has 1 aromatic heterocycles. The van der Waals surface area contributed by atoms with E-state index in [9.17, 15) is 4.39 Å². The first-order valence-electron chi connectivity index (χ1n) is 9.68. The van der Waals surface area contributed by atoms with Crippen LogP contribution in [0.2, 0.25) is 0 Å². The van der Waals surface area contributed by atoms with Crippen molar-refractivity contribution < 1.29 is 18.6 Å². The summed E-state index contributed by atoms with van der Waals surface area (Å²) in [5.41, 5.74) is 0. The fourth-order valence-corrected chi connectivity index (χ4v) is 3.77. The number of benzene rings is 2. The van der Waals surface area contributed by atoms with Gasteiger partial charge in [0.25, 0.3) is 0 Å². The Morgan fingerprint density at radius 3 is 2.62 bits per heavy atom. The van der Waals surface area contributed by atoms with Crippen LogP contribution in [0.4, 0.5) is 10.2 Å². The van der Waals surface area contributed by atoms with E-state index in [0.717, 1.165) is 42.5 Å². The van der Waals surface area contributed by atoms with Gasteiger partial charge in [-0.3, -0.25) is 0 Å². The van der Waals surface area contributed by atoms with Crippen LogP contribution in [-0.2, 0) is 0 Å². The van der Waals surface area contributed by atoms with Crippen molar-refractivity contribution in [2.75, 3.05) is 38.8 Å². The van der Waals surface area contributed by atoms with Crippen molar-refractivity contribution in [2.45, 2.75) is 12.8 Å². The molecule has 29 heavy (non-hydrogen) atoms. The number of rotatable bonds is 6. The summed E-state index contributed by atoms with van der Waals surface area (Å²) < 4.78 is 29.8. The summed E-state index contributed by atoms with van der Waals surface area (Å²) in [5.74, 6) is 2.96. The summed E-state index contributed by atoms with van der Waals surface area (Å²) in [7, 11) is 3.25. The average molecular weight is 397 g/mol. The first-order valence-corrected chi connectivity index (χ1v) is 9.68. The van der Waals surface area contributed by atoms with Gasteiger partial charge >= 0.3 is 0 Å². The highest BCUT2D eigenvalue weighted by Gasteiger charge is 2.24. The van der Waals surface area contributed by atoms with Crippen LogP contribution in [0.1, 0.15) is 12.8 Å². The van der Waals surface area contributed by atoms with E-state index in [4.69, 9.17) is 14.2 Å². The van der Waals surface area contributed by atoms with Gasteiger partial charge in [-0.2, -0.15) is 5.10 Å². The number of halogens is 1. The molecule has 1 saturated heterocycles. The monoisotopic (exact) mass is 397 g/mol. The predicted molar refractivity (Wildman–Crippen MR) is 109 cm³/mol. The van der Waals surface area contributed by atoms with Crippen molar-refractivity contribution in [1.29, 1.82) is 0 Å². The maximum absolute atomic E-state index is 13.1. The van der Waals surface area contributed by atoms with Crippen molar-refractivity contribution in [3.63, 3.8) is 0 Å². The molecule has 1 aliphatic heterocycles. The Bertz CT molecular complexity index is 981. The molecule has 0 saturated carbocycles. The third kappa shape index (κ3) is 4.18. The summed E-state index contributed by atoms with van der Waals surface area (Å²) in [4.78, 5) is 2.25. The molecule has 0 spiro atoms. The molecule has 0 aliphatic carbocycles. The fraction of sp³-hybridized carbons (Fsp3) is 0.364. The van der Waals surface area contributed by atoms with Crippen LogP contribution in [0.5, 0.6) is 17.2 Å². The SMILES string of the molecule is COc1cc2cnnc(N3CCCC(COc4ccc(F)cc4)C3)c2cc1OC. The number of piperidine rings is 1. The predicted octanol–water partition coefficient (Wildman–Crippen LogP) is 4.08. The summed E-state index contributed by atoms with van der Waals surface area (Å²) in [6, 6.07) is 10.0. The zero-order valence-electron chi connectivity index (χ0n) is 16.6. The molecule has 1 unspecified atom stereocenters. The lowest BCUT2D eigenvalue weighted by molar-refractivity contribution is 0.228. The van der Waals surface area contributed by atoms with Crippen LogP contribution in [0, 0.1) is 11.7 Å². The van der Waals surface area contributed by atoms with E-state index in [1.807, 2.05) is 12.1 Å². The highest BCUT2D eigenvalue weighted by atomic mass is 19.1. The van der Waals surface area contributed by atoms with Gasteiger partial charge in [-0.1, -0.05) is 0 Å². The second-order valence-corrected chi connectivity index (χ2v) is 7.18. The molecule has 0 bridgehead atoms. The summed E-state index contributed by atoms with van der Waals surface area (Å²) in [6.07, 6.45) is 3.86. The largest absolute Gasteiger partial charge is 0.493 e. The maximum Gasteiger partial charge on any atom is 0.161 e. The number of fused-ring (bicyclic) bond motifs is 1. The number of hydrogen-bond acceptors (Lipinski definition) is 6. The van der Waals surface area contributed by atoms with Crippen LogP contribution in [-0.4, -0.2) is 44.1 Å². The first-order chi connectivity index (χ1) is 14.2. The quantitative estimate of drug-likeness (QED) is 0.625. The minimum Gasteiger partial charge on any atom is -0.493 e. The van der Waals surface area contributed by atoms with E-state index in [1.54, 1.807) is 32.5 Å². The molecular formula is C22H24FN3O3. The third-order valence-electron chi connectivity index (χ3n) is 5.26. The van der Waals surface area contributed by atoms with Crippen LogP contribution in [0.15, 0.2) is 42.6 Å². The topological polar surface area (TPSA) is 56.7 Å². The molecule has 1 atom stereocenters. The normalized spacial score (nSPS) is 16.7. The molecule has 2 heterocycles. The lowest BCUT2D eigenvalue weighted by Crippen LogP contribution is -2.38. The third-order valence-corrected chi connectivity index (χ3v) is 5.26. The Morgan fingerprint density at radius 1 is 1.10 bits per heavy atom. The molecule has 3 aromatic rings. The zero-order chi connectivity index (χ0) is 20.2. The van der Waals surface area contributed by atoms with Gasteiger partial charge < -0.3 is 19.1 Å². The van der Waals surface area contributed by atoms with Crippen LogP contribution in [0.3, 0.4) is 0 Å². The molecule has 7 heteroatoms. The zero-order valence-corrected chi connectivity index (χ0v) is 16.6. The van der Waals surface area contributed by atoms with Crippen molar-refractivity contribution in [1.82, 2.24) is 10.2 Å². The molecule has 0 amide bonds.